The van der Waals surface area contributed by atoms with E-state index >= 15 is 0 Å². The molecule has 4 heteroatoms. The van der Waals surface area contributed by atoms with E-state index in [-0.39, 0.29) is 12.4 Å². The largest absolute Gasteiger partial charge is 0.368 e. The summed E-state index contributed by atoms with van der Waals surface area (Å²) in [5, 5.41) is 3.41. The summed E-state index contributed by atoms with van der Waals surface area (Å²) in [5.41, 5.74) is 1.36. The Bertz CT molecular complexity index is 527. The zero-order valence-corrected chi connectivity index (χ0v) is 12.9. The monoisotopic (exact) mass is 306 g/mol. The second kappa shape index (κ2) is 7.58. The lowest BCUT2D eigenvalue weighted by molar-refractivity contribution is 0.587. The summed E-state index contributed by atoms with van der Waals surface area (Å²) in [7, 11) is 0. The van der Waals surface area contributed by atoms with E-state index < -0.39 is 0 Å². The van der Waals surface area contributed by atoms with Crippen molar-refractivity contribution in [2.45, 2.75) is 9.79 Å². The minimum atomic E-state index is 0. The third-order valence-corrected chi connectivity index (χ3v) is 4.37. The van der Waals surface area contributed by atoms with E-state index in [1.807, 2.05) is 11.8 Å². The Hall–Kier alpha value is -1.16. The average Bonchev–Trinajstić information content (AvgIpc) is 2.50. The van der Waals surface area contributed by atoms with Crippen LogP contribution in [-0.4, -0.2) is 26.2 Å². The van der Waals surface area contributed by atoms with Crippen molar-refractivity contribution in [1.82, 2.24) is 5.32 Å². The van der Waals surface area contributed by atoms with Gasteiger partial charge in [0.15, 0.2) is 0 Å². The van der Waals surface area contributed by atoms with Crippen LogP contribution in [0.3, 0.4) is 0 Å². The van der Waals surface area contributed by atoms with Gasteiger partial charge < -0.3 is 10.2 Å². The Morgan fingerprint density at radius 3 is 2.25 bits per heavy atom. The minimum absolute atomic E-state index is 0. The molecule has 0 bridgehead atoms. The molecule has 2 nitrogen and oxygen atoms in total. The van der Waals surface area contributed by atoms with Gasteiger partial charge in [-0.05, 0) is 24.3 Å². The number of piperazine rings is 1. The van der Waals surface area contributed by atoms with Gasteiger partial charge in [0.2, 0.25) is 0 Å². The predicted molar refractivity (Wildman–Crippen MR) is 89.3 cm³/mol. The summed E-state index contributed by atoms with van der Waals surface area (Å²) < 4.78 is 0. The number of hydrogen-bond acceptors (Lipinski definition) is 3. The molecule has 20 heavy (non-hydrogen) atoms. The van der Waals surface area contributed by atoms with Crippen LogP contribution in [0.4, 0.5) is 5.69 Å². The van der Waals surface area contributed by atoms with E-state index in [2.05, 4.69) is 64.8 Å². The highest BCUT2D eigenvalue weighted by atomic mass is 35.5. The second-order valence-electron chi connectivity index (χ2n) is 4.62. The van der Waals surface area contributed by atoms with E-state index in [0.29, 0.717) is 0 Å². The maximum atomic E-state index is 3.41. The SMILES string of the molecule is Cl.c1ccc(Sc2ccccc2N2CCNCC2)cc1. The van der Waals surface area contributed by atoms with Crippen molar-refractivity contribution in [3.05, 3.63) is 54.6 Å². The maximum absolute atomic E-state index is 3.41. The van der Waals surface area contributed by atoms with E-state index in [1.165, 1.54) is 15.5 Å². The highest BCUT2D eigenvalue weighted by Gasteiger charge is 2.14. The van der Waals surface area contributed by atoms with Crippen molar-refractivity contribution in [3.8, 4) is 0 Å². The first kappa shape index (κ1) is 15.2. The van der Waals surface area contributed by atoms with Crippen molar-refractivity contribution in [2.24, 2.45) is 0 Å². The van der Waals surface area contributed by atoms with Crippen LogP contribution in [0.15, 0.2) is 64.4 Å². The molecule has 0 atom stereocenters. The molecule has 0 unspecified atom stereocenters. The van der Waals surface area contributed by atoms with Gasteiger partial charge in [-0.3, -0.25) is 0 Å². The summed E-state index contributed by atoms with van der Waals surface area (Å²) in [6, 6.07) is 19.3. The minimum Gasteiger partial charge on any atom is -0.368 e. The molecule has 1 aliphatic heterocycles. The number of para-hydroxylation sites is 1. The molecule has 0 saturated carbocycles. The van der Waals surface area contributed by atoms with Crippen molar-refractivity contribution in [2.75, 3.05) is 31.1 Å². The van der Waals surface area contributed by atoms with E-state index in [9.17, 15) is 0 Å². The lowest BCUT2D eigenvalue weighted by Gasteiger charge is -2.30. The second-order valence-corrected chi connectivity index (χ2v) is 5.74. The third kappa shape index (κ3) is 3.69. The molecule has 0 spiro atoms. The van der Waals surface area contributed by atoms with Crippen molar-refractivity contribution < 1.29 is 0 Å². The molecule has 1 N–H and O–H groups in total. The summed E-state index contributed by atoms with van der Waals surface area (Å²) in [6.45, 7) is 4.33. The van der Waals surface area contributed by atoms with Crippen LogP contribution < -0.4 is 10.2 Å². The van der Waals surface area contributed by atoms with Gasteiger partial charge in [0.1, 0.15) is 0 Å². The molecular weight excluding hydrogens is 288 g/mol. The van der Waals surface area contributed by atoms with Crippen LogP contribution in [-0.2, 0) is 0 Å². The van der Waals surface area contributed by atoms with Gasteiger partial charge in [-0.25, -0.2) is 0 Å². The van der Waals surface area contributed by atoms with E-state index in [4.69, 9.17) is 0 Å². The fourth-order valence-electron chi connectivity index (χ4n) is 2.33. The number of nitrogens with zero attached hydrogens (tertiary/aromatic N) is 1. The first-order valence-electron chi connectivity index (χ1n) is 6.71. The van der Waals surface area contributed by atoms with Crippen LogP contribution in [0.25, 0.3) is 0 Å². The number of anilines is 1. The fraction of sp³-hybridized carbons (Fsp3) is 0.250. The standard InChI is InChI=1S/C16H18N2S.ClH/c1-2-6-14(7-3-1)19-16-9-5-4-8-15(16)18-12-10-17-11-13-18;/h1-9,17H,10-13H2;1H. The molecule has 2 aromatic rings. The molecule has 3 rings (SSSR count). The molecule has 1 aliphatic rings. The van der Waals surface area contributed by atoms with Gasteiger partial charge in [0.05, 0.1) is 5.69 Å². The van der Waals surface area contributed by atoms with Crippen molar-refractivity contribution >= 4 is 29.9 Å². The summed E-state index contributed by atoms with van der Waals surface area (Å²) in [4.78, 5) is 5.11. The molecule has 1 saturated heterocycles. The zero-order valence-electron chi connectivity index (χ0n) is 11.3. The molecule has 0 radical (unpaired) electrons. The summed E-state index contributed by atoms with van der Waals surface area (Å²) in [5.74, 6) is 0. The van der Waals surface area contributed by atoms with Crippen LogP contribution in [0.1, 0.15) is 0 Å². The van der Waals surface area contributed by atoms with Crippen LogP contribution >= 0.6 is 24.2 Å². The smallest absolute Gasteiger partial charge is 0.0508 e. The molecule has 1 heterocycles. The fourth-order valence-corrected chi connectivity index (χ4v) is 3.32. The van der Waals surface area contributed by atoms with Gasteiger partial charge in [-0.1, -0.05) is 42.1 Å². The molecule has 2 aromatic carbocycles. The zero-order chi connectivity index (χ0) is 12.9. The lowest BCUT2D eigenvalue weighted by Crippen LogP contribution is -2.43. The lowest BCUT2D eigenvalue weighted by atomic mass is 10.2. The Morgan fingerprint density at radius 1 is 0.850 bits per heavy atom. The Labute approximate surface area is 131 Å². The number of halogens is 1. The summed E-state index contributed by atoms with van der Waals surface area (Å²) in [6.07, 6.45) is 0. The van der Waals surface area contributed by atoms with Crippen molar-refractivity contribution in [3.63, 3.8) is 0 Å². The van der Waals surface area contributed by atoms with E-state index in [1.54, 1.807) is 0 Å². The van der Waals surface area contributed by atoms with Gasteiger partial charge in [-0.15, -0.1) is 12.4 Å². The van der Waals surface area contributed by atoms with Gasteiger partial charge in [0, 0.05) is 36.0 Å². The molecule has 0 aromatic heterocycles. The third-order valence-electron chi connectivity index (χ3n) is 3.29. The van der Waals surface area contributed by atoms with Crippen molar-refractivity contribution in [1.29, 1.82) is 0 Å². The Balaban J connectivity index is 0.00000147. The van der Waals surface area contributed by atoms with Gasteiger partial charge in [0.25, 0.3) is 0 Å². The number of nitrogens with one attached hydrogen (secondary N) is 1. The topological polar surface area (TPSA) is 15.3 Å². The van der Waals surface area contributed by atoms with E-state index in [0.717, 1.165) is 26.2 Å². The predicted octanol–water partition coefficient (Wildman–Crippen LogP) is 3.67. The molecular formula is C16H19ClN2S. The normalized spacial score (nSPS) is 14.7. The molecule has 1 fully saturated rings. The number of benzene rings is 2. The number of rotatable bonds is 3. The molecule has 0 amide bonds. The first-order valence-corrected chi connectivity index (χ1v) is 7.53. The Kier molecular flexibility index (Phi) is 5.77. The molecule has 106 valence electrons. The van der Waals surface area contributed by atoms with Crippen LogP contribution in [0, 0.1) is 0 Å². The van der Waals surface area contributed by atoms with Gasteiger partial charge >= 0.3 is 0 Å². The maximum Gasteiger partial charge on any atom is 0.0508 e. The first-order chi connectivity index (χ1) is 9.43. The summed E-state index contributed by atoms with van der Waals surface area (Å²) >= 11 is 1.85. The highest BCUT2D eigenvalue weighted by molar-refractivity contribution is 7.99. The van der Waals surface area contributed by atoms with Crippen LogP contribution in [0.2, 0.25) is 0 Å². The van der Waals surface area contributed by atoms with Crippen LogP contribution in [0.5, 0.6) is 0 Å². The van der Waals surface area contributed by atoms with Gasteiger partial charge in [-0.2, -0.15) is 0 Å². The number of hydrogen-bond donors (Lipinski definition) is 1. The highest BCUT2D eigenvalue weighted by Crippen LogP contribution is 2.35. The Morgan fingerprint density at radius 2 is 1.50 bits per heavy atom. The average molecular weight is 307 g/mol. The molecule has 0 aliphatic carbocycles. The quantitative estimate of drug-likeness (QED) is 0.931.